The number of ether oxygens (including phenoxy) is 3. The van der Waals surface area contributed by atoms with E-state index in [1.807, 2.05) is 44.2 Å². The van der Waals surface area contributed by atoms with Crippen molar-refractivity contribution in [2.45, 2.75) is 77.2 Å². The fourth-order valence-corrected chi connectivity index (χ4v) is 4.71. The highest BCUT2D eigenvalue weighted by Crippen LogP contribution is 2.22. The maximum absolute atomic E-state index is 13.3. The number of esters is 1. The summed E-state index contributed by atoms with van der Waals surface area (Å²) in [6.07, 6.45) is 0.150. The van der Waals surface area contributed by atoms with Gasteiger partial charge in [0, 0.05) is 12.1 Å². The number of hydrogen-bond acceptors (Lipinski definition) is 7. The van der Waals surface area contributed by atoms with Crippen molar-refractivity contribution in [2.24, 2.45) is 0 Å². The quantitative estimate of drug-likeness (QED) is 0.447. The van der Waals surface area contributed by atoms with Crippen LogP contribution in [-0.2, 0) is 30.5 Å². The number of likely N-dealkylation sites (tertiary alicyclic amines) is 1. The van der Waals surface area contributed by atoms with E-state index < -0.39 is 36.3 Å². The van der Waals surface area contributed by atoms with Gasteiger partial charge in [-0.05, 0) is 57.4 Å². The van der Waals surface area contributed by atoms with Crippen molar-refractivity contribution in [1.29, 1.82) is 0 Å². The Morgan fingerprint density at radius 1 is 1.08 bits per heavy atom. The molecule has 4 unspecified atom stereocenters. The number of carbonyl (C=O) groups excluding carboxylic acids is 4. The average Bonchev–Trinajstić information content (AvgIpc) is 3.54. The summed E-state index contributed by atoms with van der Waals surface area (Å²) in [6, 6.07) is 14.0. The van der Waals surface area contributed by atoms with Crippen molar-refractivity contribution < 1.29 is 33.4 Å². The molecule has 2 aromatic carbocycles. The molecule has 4 atom stereocenters. The van der Waals surface area contributed by atoms with Gasteiger partial charge in [0.1, 0.15) is 23.9 Å². The maximum atomic E-state index is 13.3. The van der Waals surface area contributed by atoms with Gasteiger partial charge in [-0.1, -0.05) is 36.4 Å². The van der Waals surface area contributed by atoms with Gasteiger partial charge in [0.05, 0.1) is 19.1 Å². The molecule has 2 aromatic rings. The summed E-state index contributed by atoms with van der Waals surface area (Å²) in [6.45, 7) is 6.00. The summed E-state index contributed by atoms with van der Waals surface area (Å²) < 4.78 is 16.7. The molecule has 2 heterocycles. The van der Waals surface area contributed by atoms with Gasteiger partial charge >= 0.3 is 5.97 Å². The number of carbonyl (C=O) groups is 4. The van der Waals surface area contributed by atoms with Crippen molar-refractivity contribution in [3.8, 4) is 5.75 Å². The summed E-state index contributed by atoms with van der Waals surface area (Å²) in [4.78, 5) is 52.7. The third kappa shape index (κ3) is 7.35. The van der Waals surface area contributed by atoms with Crippen LogP contribution in [0.5, 0.6) is 5.75 Å². The Balaban J connectivity index is 1.33. The van der Waals surface area contributed by atoms with Crippen LogP contribution >= 0.6 is 0 Å². The number of rotatable bonds is 10. The number of nitrogens with one attached hydrogen (secondary N) is 2. The van der Waals surface area contributed by atoms with Crippen LogP contribution in [0.4, 0.5) is 0 Å². The third-order valence-electron chi connectivity index (χ3n) is 6.57. The second-order valence-electron chi connectivity index (χ2n) is 10.1. The smallest absolute Gasteiger partial charge is 0.310 e. The van der Waals surface area contributed by atoms with E-state index >= 15 is 0 Å². The van der Waals surface area contributed by atoms with Crippen LogP contribution in [0, 0.1) is 0 Å². The normalized spacial score (nSPS) is 21.4. The maximum Gasteiger partial charge on any atom is 0.310 e. The molecule has 39 heavy (non-hydrogen) atoms. The lowest BCUT2D eigenvalue weighted by molar-refractivity contribution is -0.168. The highest BCUT2D eigenvalue weighted by atomic mass is 16.7. The molecule has 0 spiro atoms. The Bertz CT molecular complexity index is 1190. The molecule has 10 nitrogen and oxygen atoms in total. The lowest BCUT2D eigenvalue weighted by Crippen LogP contribution is -2.54. The van der Waals surface area contributed by atoms with Crippen molar-refractivity contribution >= 4 is 23.7 Å². The molecule has 2 aliphatic heterocycles. The predicted molar refractivity (Wildman–Crippen MR) is 142 cm³/mol. The molecule has 2 N–H and O–H groups in total. The van der Waals surface area contributed by atoms with Crippen LogP contribution < -0.4 is 15.4 Å². The van der Waals surface area contributed by atoms with Gasteiger partial charge in [-0.25, -0.2) is 0 Å². The zero-order valence-corrected chi connectivity index (χ0v) is 22.4. The standard InChI is InChI=1S/C29H35N3O7/c1-18(2)38-22-12-7-11-21(15-22)26(34)30-19(3)28(36)32-14-8-13-24(32)27(35)31-23-16-25(33)39-29(23)37-17-20-9-5-4-6-10-20/h4-7,9-12,15,18-19,23-24,29H,8,13-14,16-17H2,1-3H3,(H,30,34)(H,31,35). The Kier molecular flexibility index (Phi) is 9.19. The van der Waals surface area contributed by atoms with E-state index in [2.05, 4.69) is 10.6 Å². The molecule has 0 radical (unpaired) electrons. The Morgan fingerprint density at radius 2 is 1.85 bits per heavy atom. The van der Waals surface area contributed by atoms with Gasteiger partial charge in [-0.2, -0.15) is 0 Å². The van der Waals surface area contributed by atoms with Crippen molar-refractivity contribution in [3.05, 3.63) is 65.7 Å². The van der Waals surface area contributed by atoms with E-state index in [1.54, 1.807) is 31.2 Å². The molecule has 2 fully saturated rings. The fourth-order valence-electron chi connectivity index (χ4n) is 4.71. The third-order valence-corrected chi connectivity index (χ3v) is 6.57. The fraction of sp³-hybridized carbons (Fsp3) is 0.448. The number of cyclic esters (lactones) is 1. The van der Waals surface area contributed by atoms with Gasteiger partial charge in [0.25, 0.3) is 5.91 Å². The number of hydrogen-bond donors (Lipinski definition) is 2. The Hall–Kier alpha value is -3.92. The highest BCUT2D eigenvalue weighted by Gasteiger charge is 2.41. The van der Waals surface area contributed by atoms with Gasteiger partial charge in [0.2, 0.25) is 18.1 Å². The van der Waals surface area contributed by atoms with Crippen LogP contribution in [-0.4, -0.2) is 65.7 Å². The molecule has 3 amide bonds. The molecule has 2 saturated heterocycles. The van der Waals surface area contributed by atoms with Crippen LogP contribution in [0.15, 0.2) is 54.6 Å². The Morgan fingerprint density at radius 3 is 2.59 bits per heavy atom. The zero-order chi connectivity index (χ0) is 27.9. The molecule has 2 aliphatic rings. The number of nitrogens with zero attached hydrogens (tertiary/aromatic N) is 1. The number of benzene rings is 2. The molecule has 10 heteroatoms. The Labute approximate surface area is 228 Å². The molecule has 0 bridgehead atoms. The first-order valence-corrected chi connectivity index (χ1v) is 13.2. The zero-order valence-electron chi connectivity index (χ0n) is 22.4. The molecular formula is C29H35N3O7. The summed E-state index contributed by atoms with van der Waals surface area (Å²) in [5, 5.41) is 5.57. The average molecular weight is 538 g/mol. The summed E-state index contributed by atoms with van der Waals surface area (Å²) in [5.41, 5.74) is 1.28. The van der Waals surface area contributed by atoms with Crippen LogP contribution in [0.25, 0.3) is 0 Å². The monoisotopic (exact) mass is 537 g/mol. The van der Waals surface area contributed by atoms with E-state index in [1.165, 1.54) is 4.90 Å². The molecule has 4 rings (SSSR count). The second-order valence-corrected chi connectivity index (χ2v) is 10.1. The first-order chi connectivity index (χ1) is 18.7. The molecule has 0 saturated carbocycles. The van der Waals surface area contributed by atoms with Crippen LogP contribution in [0.1, 0.15) is 56.0 Å². The minimum atomic E-state index is -0.916. The largest absolute Gasteiger partial charge is 0.491 e. The SMILES string of the molecule is CC(C)Oc1cccc(C(=O)NC(C)C(=O)N2CCCC2C(=O)NC2CC(=O)OC2OCc2ccccc2)c1. The summed E-state index contributed by atoms with van der Waals surface area (Å²) in [7, 11) is 0. The van der Waals surface area contributed by atoms with E-state index in [-0.39, 0.29) is 30.9 Å². The molecule has 0 aromatic heterocycles. The van der Waals surface area contributed by atoms with Crippen LogP contribution in [0.3, 0.4) is 0 Å². The minimum absolute atomic E-state index is 0.0160. The van der Waals surface area contributed by atoms with Crippen molar-refractivity contribution in [1.82, 2.24) is 15.5 Å². The topological polar surface area (TPSA) is 123 Å². The van der Waals surface area contributed by atoms with Gasteiger partial charge in [-0.15, -0.1) is 0 Å². The minimum Gasteiger partial charge on any atom is -0.491 e. The molecule has 0 aliphatic carbocycles. The van der Waals surface area contributed by atoms with Gasteiger partial charge in [0.15, 0.2) is 0 Å². The second kappa shape index (κ2) is 12.8. The van der Waals surface area contributed by atoms with E-state index in [4.69, 9.17) is 14.2 Å². The van der Waals surface area contributed by atoms with Crippen molar-refractivity contribution in [3.63, 3.8) is 0 Å². The first kappa shape index (κ1) is 28.1. The van der Waals surface area contributed by atoms with Gasteiger partial charge < -0.3 is 29.7 Å². The first-order valence-electron chi connectivity index (χ1n) is 13.2. The molecule has 208 valence electrons. The van der Waals surface area contributed by atoms with E-state index in [0.717, 1.165) is 5.56 Å². The van der Waals surface area contributed by atoms with E-state index in [0.29, 0.717) is 30.7 Å². The highest BCUT2D eigenvalue weighted by molar-refractivity contribution is 5.98. The van der Waals surface area contributed by atoms with E-state index in [9.17, 15) is 19.2 Å². The van der Waals surface area contributed by atoms with Crippen molar-refractivity contribution in [2.75, 3.05) is 6.54 Å². The lowest BCUT2D eigenvalue weighted by Gasteiger charge is -2.28. The van der Waals surface area contributed by atoms with Gasteiger partial charge in [-0.3, -0.25) is 19.2 Å². The predicted octanol–water partition coefficient (Wildman–Crippen LogP) is 2.56. The number of amides is 3. The summed E-state index contributed by atoms with van der Waals surface area (Å²) >= 11 is 0. The lowest BCUT2D eigenvalue weighted by atomic mass is 10.1. The summed E-state index contributed by atoms with van der Waals surface area (Å²) in [5.74, 6) is -1.05. The van der Waals surface area contributed by atoms with Crippen LogP contribution in [0.2, 0.25) is 0 Å². The molecular weight excluding hydrogens is 502 g/mol.